The Labute approximate surface area is 90.6 Å². The first-order valence-electron chi connectivity index (χ1n) is 4.83. The number of aliphatic hydroxyl groups is 1. The lowest BCUT2D eigenvalue weighted by molar-refractivity contribution is 0.115. The Morgan fingerprint density at radius 3 is 3.12 bits per heavy atom. The van der Waals surface area contributed by atoms with Crippen molar-refractivity contribution in [1.82, 2.24) is 4.98 Å². The number of hydrogen-bond acceptors (Lipinski definition) is 5. The monoisotopic (exact) mass is 224 g/mol. The molecule has 0 aliphatic heterocycles. The lowest BCUT2D eigenvalue weighted by Gasteiger charge is -2.10. The van der Waals surface area contributed by atoms with Crippen LogP contribution in [0.2, 0.25) is 0 Å². The van der Waals surface area contributed by atoms with Gasteiger partial charge < -0.3 is 20.0 Å². The van der Waals surface area contributed by atoms with Gasteiger partial charge in [-0.2, -0.15) is 0 Å². The third-order valence-electron chi connectivity index (χ3n) is 2.12. The van der Waals surface area contributed by atoms with Crippen molar-refractivity contribution in [2.24, 2.45) is 5.73 Å². The number of fused-ring (bicyclic) bond motifs is 1. The SMILES string of the molecule is NCC(O)COc1cccc2oc(=O)[nH]c12. The van der Waals surface area contributed by atoms with Crippen LogP contribution in [0.1, 0.15) is 0 Å². The molecule has 0 saturated heterocycles. The number of para-hydroxylation sites is 1. The molecule has 1 atom stereocenters. The first-order chi connectivity index (χ1) is 7.70. The van der Waals surface area contributed by atoms with Crippen LogP contribution in [0.25, 0.3) is 11.1 Å². The van der Waals surface area contributed by atoms with E-state index in [2.05, 4.69) is 4.98 Å². The molecule has 16 heavy (non-hydrogen) atoms. The lowest BCUT2D eigenvalue weighted by atomic mass is 10.3. The highest BCUT2D eigenvalue weighted by atomic mass is 16.5. The molecule has 0 amide bonds. The van der Waals surface area contributed by atoms with Crippen molar-refractivity contribution < 1.29 is 14.3 Å². The predicted octanol–water partition coefficient (Wildman–Crippen LogP) is -0.181. The van der Waals surface area contributed by atoms with Crippen LogP contribution in [0, 0.1) is 0 Å². The van der Waals surface area contributed by atoms with Gasteiger partial charge in [-0.15, -0.1) is 0 Å². The van der Waals surface area contributed by atoms with Crippen LogP contribution in [0.5, 0.6) is 5.75 Å². The molecule has 0 aliphatic carbocycles. The Morgan fingerprint density at radius 1 is 1.56 bits per heavy atom. The number of hydrogen-bond donors (Lipinski definition) is 3. The minimum absolute atomic E-state index is 0.0722. The molecule has 0 aliphatic rings. The number of benzene rings is 1. The van der Waals surface area contributed by atoms with Gasteiger partial charge in [0.1, 0.15) is 24.0 Å². The van der Waals surface area contributed by atoms with Crippen LogP contribution in [0.4, 0.5) is 0 Å². The summed E-state index contributed by atoms with van der Waals surface area (Å²) >= 11 is 0. The molecule has 0 radical (unpaired) electrons. The van der Waals surface area contributed by atoms with Crippen LogP contribution in [0.15, 0.2) is 27.4 Å². The third kappa shape index (κ3) is 2.07. The molecule has 0 fully saturated rings. The molecule has 0 saturated carbocycles. The van der Waals surface area contributed by atoms with E-state index in [1.807, 2.05) is 0 Å². The van der Waals surface area contributed by atoms with Gasteiger partial charge in [0.2, 0.25) is 0 Å². The molecule has 4 N–H and O–H groups in total. The molecule has 2 aromatic rings. The maximum Gasteiger partial charge on any atom is 0.417 e. The summed E-state index contributed by atoms with van der Waals surface area (Å²) < 4.78 is 10.2. The highest BCUT2D eigenvalue weighted by molar-refractivity contribution is 5.79. The molecule has 0 bridgehead atoms. The van der Waals surface area contributed by atoms with Crippen molar-refractivity contribution in [3.05, 3.63) is 28.7 Å². The third-order valence-corrected chi connectivity index (χ3v) is 2.12. The first-order valence-corrected chi connectivity index (χ1v) is 4.83. The lowest BCUT2D eigenvalue weighted by Crippen LogP contribution is -2.26. The second-order valence-corrected chi connectivity index (χ2v) is 3.34. The smallest absolute Gasteiger partial charge is 0.417 e. The number of aliphatic hydroxyl groups excluding tert-OH is 1. The molecular formula is C10H12N2O4. The summed E-state index contributed by atoms with van der Waals surface area (Å²) in [5.74, 6) is -0.0822. The summed E-state index contributed by atoms with van der Waals surface area (Å²) in [5.41, 5.74) is 6.15. The van der Waals surface area contributed by atoms with E-state index in [1.165, 1.54) is 0 Å². The maximum atomic E-state index is 11.0. The topological polar surface area (TPSA) is 101 Å². The van der Waals surface area contributed by atoms with Gasteiger partial charge >= 0.3 is 5.76 Å². The molecule has 1 aromatic carbocycles. The number of rotatable bonds is 4. The molecular weight excluding hydrogens is 212 g/mol. The summed E-state index contributed by atoms with van der Waals surface area (Å²) in [6.45, 7) is 0.195. The molecule has 1 heterocycles. The van der Waals surface area contributed by atoms with Crippen LogP contribution < -0.4 is 16.2 Å². The fourth-order valence-corrected chi connectivity index (χ4v) is 1.32. The highest BCUT2D eigenvalue weighted by Gasteiger charge is 2.08. The fourth-order valence-electron chi connectivity index (χ4n) is 1.32. The van der Waals surface area contributed by atoms with Crippen LogP contribution in [-0.4, -0.2) is 29.3 Å². The normalized spacial score (nSPS) is 12.9. The van der Waals surface area contributed by atoms with Crippen molar-refractivity contribution in [3.8, 4) is 5.75 Å². The molecule has 2 rings (SSSR count). The molecule has 6 heteroatoms. The standard InChI is InChI=1S/C10H12N2O4/c11-4-6(13)5-15-7-2-1-3-8-9(7)12-10(14)16-8/h1-3,6,13H,4-5,11H2,(H,12,14). The van der Waals surface area contributed by atoms with E-state index in [-0.39, 0.29) is 13.2 Å². The van der Waals surface area contributed by atoms with Crippen LogP contribution >= 0.6 is 0 Å². The average Bonchev–Trinajstić information content (AvgIpc) is 2.66. The number of nitrogens with one attached hydrogen (secondary N) is 1. The Kier molecular flexibility index (Phi) is 2.93. The van der Waals surface area contributed by atoms with Crippen molar-refractivity contribution in [2.75, 3.05) is 13.2 Å². The van der Waals surface area contributed by atoms with Crippen molar-refractivity contribution >= 4 is 11.1 Å². The Balaban J connectivity index is 2.26. The van der Waals surface area contributed by atoms with Gasteiger partial charge in [0, 0.05) is 6.54 Å². The van der Waals surface area contributed by atoms with Crippen molar-refractivity contribution in [3.63, 3.8) is 0 Å². The van der Waals surface area contributed by atoms with Crippen LogP contribution in [0.3, 0.4) is 0 Å². The summed E-state index contributed by atoms with van der Waals surface area (Å²) in [5, 5.41) is 9.25. The minimum Gasteiger partial charge on any atom is -0.489 e. The zero-order valence-electron chi connectivity index (χ0n) is 8.47. The van der Waals surface area contributed by atoms with Gasteiger partial charge in [-0.3, -0.25) is 4.98 Å². The Morgan fingerprint density at radius 2 is 2.38 bits per heavy atom. The van der Waals surface area contributed by atoms with E-state index in [4.69, 9.17) is 14.9 Å². The van der Waals surface area contributed by atoms with E-state index in [1.54, 1.807) is 18.2 Å². The first kappa shape index (κ1) is 10.7. The van der Waals surface area contributed by atoms with Gasteiger partial charge in [-0.05, 0) is 12.1 Å². The van der Waals surface area contributed by atoms with Gasteiger partial charge in [0.05, 0.1) is 0 Å². The van der Waals surface area contributed by atoms with E-state index < -0.39 is 11.9 Å². The summed E-state index contributed by atoms with van der Waals surface area (Å²) in [6, 6.07) is 5.03. The minimum atomic E-state index is -0.728. The largest absolute Gasteiger partial charge is 0.489 e. The van der Waals surface area contributed by atoms with Gasteiger partial charge in [-0.1, -0.05) is 6.07 Å². The van der Waals surface area contributed by atoms with Crippen molar-refractivity contribution in [2.45, 2.75) is 6.10 Å². The van der Waals surface area contributed by atoms with Crippen LogP contribution in [-0.2, 0) is 0 Å². The number of H-pyrrole nitrogens is 1. The molecule has 86 valence electrons. The summed E-state index contributed by atoms with van der Waals surface area (Å²) in [7, 11) is 0. The second-order valence-electron chi connectivity index (χ2n) is 3.34. The maximum absolute atomic E-state index is 11.0. The zero-order valence-corrected chi connectivity index (χ0v) is 8.47. The van der Waals surface area contributed by atoms with Gasteiger partial charge in [0.15, 0.2) is 5.58 Å². The number of aromatic nitrogens is 1. The van der Waals surface area contributed by atoms with E-state index >= 15 is 0 Å². The Bertz CT molecular complexity index is 531. The zero-order chi connectivity index (χ0) is 11.5. The molecule has 6 nitrogen and oxygen atoms in total. The highest BCUT2D eigenvalue weighted by Crippen LogP contribution is 2.22. The number of aromatic amines is 1. The van der Waals surface area contributed by atoms with Crippen molar-refractivity contribution in [1.29, 1.82) is 0 Å². The molecule has 0 spiro atoms. The number of oxazole rings is 1. The quantitative estimate of drug-likeness (QED) is 0.668. The summed E-state index contributed by atoms with van der Waals surface area (Å²) in [4.78, 5) is 13.5. The predicted molar refractivity (Wildman–Crippen MR) is 57.4 cm³/mol. The van der Waals surface area contributed by atoms with E-state index in [0.717, 1.165) is 0 Å². The molecule has 1 aromatic heterocycles. The van der Waals surface area contributed by atoms with E-state index in [0.29, 0.717) is 16.8 Å². The number of ether oxygens (including phenoxy) is 1. The number of nitrogens with two attached hydrogens (primary N) is 1. The van der Waals surface area contributed by atoms with E-state index in [9.17, 15) is 9.90 Å². The average molecular weight is 224 g/mol. The molecule has 1 unspecified atom stereocenters. The Hall–Kier alpha value is -1.79. The van der Waals surface area contributed by atoms with Gasteiger partial charge in [0.25, 0.3) is 0 Å². The van der Waals surface area contributed by atoms with Gasteiger partial charge in [-0.25, -0.2) is 4.79 Å². The second kappa shape index (κ2) is 4.38. The summed E-state index contributed by atoms with van der Waals surface area (Å²) in [6.07, 6.45) is -0.728. The fraction of sp³-hybridized carbons (Fsp3) is 0.300.